The van der Waals surface area contributed by atoms with Crippen LogP contribution in [0.3, 0.4) is 0 Å². The highest BCUT2D eigenvalue weighted by Gasteiger charge is 2.28. The second kappa shape index (κ2) is 6.72. The van der Waals surface area contributed by atoms with E-state index >= 15 is 0 Å². The standard InChI is InChI=1S/C21H25NO4/c1-22(2)8-7-14-10-19(23-3)21(24-4)20-15(14)6-5-13-9-17-18(11-16(13)20)26-12-25-17/h9-11H,5-8,12H2,1-4H3. The molecule has 1 heterocycles. The summed E-state index contributed by atoms with van der Waals surface area (Å²) in [5.74, 6) is 3.22. The van der Waals surface area contributed by atoms with Crippen molar-refractivity contribution in [1.82, 2.24) is 4.90 Å². The molecule has 5 heteroatoms. The summed E-state index contributed by atoms with van der Waals surface area (Å²) in [5.41, 5.74) is 6.26. The largest absolute Gasteiger partial charge is 0.493 e. The van der Waals surface area contributed by atoms with Crippen molar-refractivity contribution in [3.05, 3.63) is 34.9 Å². The molecule has 2 aliphatic rings. The Balaban J connectivity index is 1.91. The lowest BCUT2D eigenvalue weighted by molar-refractivity contribution is 0.174. The van der Waals surface area contributed by atoms with Crippen LogP contribution in [-0.2, 0) is 19.3 Å². The molecule has 5 nitrogen and oxygen atoms in total. The summed E-state index contributed by atoms with van der Waals surface area (Å²) in [6, 6.07) is 6.34. The maximum atomic E-state index is 5.78. The average molecular weight is 355 g/mol. The molecule has 2 aromatic carbocycles. The van der Waals surface area contributed by atoms with Crippen molar-refractivity contribution in [2.45, 2.75) is 19.3 Å². The number of benzene rings is 2. The fourth-order valence-electron chi connectivity index (χ4n) is 3.91. The van der Waals surface area contributed by atoms with Crippen molar-refractivity contribution in [2.24, 2.45) is 0 Å². The van der Waals surface area contributed by atoms with Crippen LogP contribution in [0.15, 0.2) is 18.2 Å². The molecule has 0 aromatic heterocycles. The molecule has 4 rings (SSSR count). The molecule has 0 spiro atoms. The Kier molecular flexibility index (Phi) is 4.41. The molecule has 1 aliphatic heterocycles. The minimum atomic E-state index is 0.286. The second-order valence-corrected chi connectivity index (χ2v) is 7.04. The van der Waals surface area contributed by atoms with Gasteiger partial charge in [-0.1, -0.05) is 0 Å². The van der Waals surface area contributed by atoms with Crippen molar-refractivity contribution in [3.63, 3.8) is 0 Å². The molecule has 0 amide bonds. The number of likely N-dealkylation sites (N-methyl/N-ethyl adjacent to an activating group) is 1. The van der Waals surface area contributed by atoms with Gasteiger partial charge in [0.05, 0.1) is 14.2 Å². The van der Waals surface area contributed by atoms with Crippen molar-refractivity contribution in [2.75, 3.05) is 41.7 Å². The third-order valence-electron chi connectivity index (χ3n) is 5.21. The van der Waals surface area contributed by atoms with Crippen molar-refractivity contribution >= 4 is 0 Å². The van der Waals surface area contributed by atoms with Crippen LogP contribution in [0.25, 0.3) is 11.1 Å². The smallest absolute Gasteiger partial charge is 0.231 e. The highest BCUT2D eigenvalue weighted by molar-refractivity contribution is 5.84. The van der Waals surface area contributed by atoms with Crippen LogP contribution in [0.5, 0.6) is 23.0 Å². The number of aryl methyl sites for hydroxylation is 1. The normalized spacial score (nSPS) is 14.2. The van der Waals surface area contributed by atoms with E-state index < -0.39 is 0 Å². The average Bonchev–Trinajstić information content (AvgIpc) is 3.10. The van der Waals surface area contributed by atoms with E-state index in [-0.39, 0.29) is 6.79 Å². The molecule has 0 saturated carbocycles. The van der Waals surface area contributed by atoms with E-state index in [2.05, 4.69) is 37.2 Å². The zero-order valence-electron chi connectivity index (χ0n) is 15.8. The first-order chi connectivity index (χ1) is 12.6. The fraction of sp³-hybridized carbons (Fsp3) is 0.429. The monoisotopic (exact) mass is 355 g/mol. The summed E-state index contributed by atoms with van der Waals surface area (Å²) < 4.78 is 22.6. The minimum absolute atomic E-state index is 0.286. The fourth-order valence-corrected chi connectivity index (χ4v) is 3.91. The zero-order chi connectivity index (χ0) is 18.3. The van der Waals surface area contributed by atoms with E-state index in [9.17, 15) is 0 Å². The molecule has 0 atom stereocenters. The Morgan fingerprint density at radius 1 is 1.00 bits per heavy atom. The Hall–Kier alpha value is -2.40. The lowest BCUT2D eigenvalue weighted by Gasteiger charge is -2.27. The van der Waals surface area contributed by atoms with Gasteiger partial charge in [0.25, 0.3) is 0 Å². The SMILES string of the molecule is COc1cc(CCN(C)C)c2c(c1OC)-c1cc3c(cc1CC2)OCO3. The third-order valence-corrected chi connectivity index (χ3v) is 5.21. The molecule has 0 unspecified atom stereocenters. The highest BCUT2D eigenvalue weighted by atomic mass is 16.7. The molecule has 1 aliphatic carbocycles. The molecule has 26 heavy (non-hydrogen) atoms. The number of nitrogens with zero attached hydrogens (tertiary/aromatic N) is 1. The van der Waals surface area contributed by atoms with Crippen LogP contribution in [0.2, 0.25) is 0 Å². The lowest BCUT2D eigenvalue weighted by Crippen LogP contribution is -2.17. The van der Waals surface area contributed by atoms with Gasteiger partial charge in [0, 0.05) is 12.1 Å². The molecule has 0 bridgehead atoms. The molecule has 138 valence electrons. The minimum Gasteiger partial charge on any atom is -0.493 e. The van der Waals surface area contributed by atoms with E-state index in [1.807, 2.05) is 0 Å². The summed E-state index contributed by atoms with van der Waals surface area (Å²) in [4.78, 5) is 2.21. The van der Waals surface area contributed by atoms with E-state index in [0.29, 0.717) is 0 Å². The van der Waals surface area contributed by atoms with Gasteiger partial charge < -0.3 is 23.8 Å². The predicted octanol–water partition coefficient (Wildman–Crippen LogP) is 3.30. The predicted molar refractivity (Wildman–Crippen MR) is 101 cm³/mol. The van der Waals surface area contributed by atoms with Gasteiger partial charge in [0.2, 0.25) is 6.79 Å². The van der Waals surface area contributed by atoms with Gasteiger partial charge in [-0.15, -0.1) is 0 Å². The molecule has 0 N–H and O–H groups in total. The molecule has 0 radical (unpaired) electrons. The first-order valence-electron chi connectivity index (χ1n) is 8.96. The van der Waals surface area contributed by atoms with Gasteiger partial charge in [-0.25, -0.2) is 0 Å². The first-order valence-corrected chi connectivity index (χ1v) is 8.96. The van der Waals surface area contributed by atoms with Crippen molar-refractivity contribution in [3.8, 4) is 34.1 Å². The quantitative estimate of drug-likeness (QED) is 0.823. The number of hydrogen-bond donors (Lipinski definition) is 0. The molecule has 2 aromatic rings. The van der Waals surface area contributed by atoms with Crippen LogP contribution < -0.4 is 18.9 Å². The number of rotatable bonds is 5. The summed E-state index contributed by atoms with van der Waals surface area (Å²) in [5, 5.41) is 0. The molecule has 0 saturated heterocycles. The number of hydrogen-bond acceptors (Lipinski definition) is 5. The Morgan fingerprint density at radius 2 is 1.77 bits per heavy atom. The maximum absolute atomic E-state index is 5.78. The van der Waals surface area contributed by atoms with E-state index in [0.717, 1.165) is 59.9 Å². The maximum Gasteiger partial charge on any atom is 0.231 e. The van der Waals surface area contributed by atoms with Crippen molar-refractivity contribution in [1.29, 1.82) is 0 Å². The Bertz CT molecular complexity index is 845. The van der Waals surface area contributed by atoms with Gasteiger partial charge in [-0.2, -0.15) is 0 Å². The van der Waals surface area contributed by atoms with Gasteiger partial charge in [0.1, 0.15) is 0 Å². The number of methoxy groups -OCH3 is 2. The van der Waals surface area contributed by atoms with E-state index in [1.54, 1.807) is 14.2 Å². The first kappa shape index (κ1) is 17.0. The summed E-state index contributed by atoms with van der Waals surface area (Å²) in [6.07, 6.45) is 2.96. The van der Waals surface area contributed by atoms with Crippen LogP contribution in [0.4, 0.5) is 0 Å². The third kappa shape index (κ3) is 2.76. The Labute approximate surface area is 154 Å². The van der Waals surface area contributed by atoms with Crippen molar-refractivity contribution < 1.29 is 18.9 Å². The van der Waals surface area contributed by atoms with Gasteiger partial charge in [-0.3, -0.25) is 0 Å². The van der Waals surface area contributed by atoms with Crippen LogP contribution in [0.1, 0.15) is 16.7 Å². The topological polar surface area (TPSA) is 40.2 Å². The van der Waals surface area contributed by atoms with Crippen LogP contribution in [0, 0.1) is 0 Å². The molecular weight excluding hydrogens is 330 g/mol. The lowest BCUT2D eigenvalue weighted by atomic mass is 9.81. The Morgan fingerprint density at radius 3 is 2.46 bits per heavy atom. The summed E-state index contributed by atoms with van der Waals surface area (Å²) in [6.45, 7) is 1.28. The van der Waals surface area contributed by atoms with Gasteiger partial charge >= 0.3 is 0 Å². The van der Waals surface area contributed by atoms with Gasteiger partial charge in [-0.05, 0) is 73.8 Å². The van der Waals surface area contributed by atoms with E-state index in [1.165, 1.54) is 16.7 Å². The molecule has 0 fully saturated rings. The van der Waals surface area contributed by atoms with Crippen LogP contribution in [-0.4, -0.2) is 46.6 Å². The highest BCUT2D eigenvalue weighted by Crippen LogP contribution is 2.49. The number of fused-ring (bicyclic) bond motifs is 4. The van der Waals surface area contributed by atoms with Gasteiger partial charge in [0.15, 0.2) is 23.0 Å². The molecular formula is C21H25NO4. The summed E-state index contributed by atoms with van der Waals surface area (Å²) >= 11 is 0. The zero-order valence-corrected chi connectivity index (χ0v) is 15.8. The van der Waals surface area contributed by atoms with E-state index in [4.69, 9.17) is 18.9 Å². The summed E-state index contributed by atoms with van der Waals surface area (Å²) in [7, 11) is 7.61. The number of ether oxygens (including phenoxy) is 4. The van der Waals surface area contributed by atoms with Crippen LogP contribution >= 0.6 is 0 Å². The second-order valence-electron chi connectivity index (χ2n) is 7.04.